The van der Waals surface area contributed by atoms with Gasteiger partial charge >= 0.3 is 0 Å². The van der Waals surface area contributed by atoms with E-state index in [1.165, 1.54) is 0 Å². The van der Waals surface area contributed by atoms with E-state index >= 15 is 0 Å². The Morgan fingerprint density at radius 1 is 1.05 bits per heavy atom. The lowest BCUT2D eigenvalue weighted by atomic mass is 9.95. The summed E-state index contributed by atoms with van der Waals surface area (Å²) in [4.78, 5) is 2.25. The van der Waals surface area contributed by atoms with Crippen molar-refractivity contribution in [3.05, 3.63) is 23.8 Å². The predicted octanol–water partition coefficient (Wildman–Crippen LogP) is 3.05. The first kappa shape index (κ1) is 15.1. The molecule has 0 aromatic heterocycles. The van der Waals surface area contributed by atoms with Crippen LogP contribution in [0.2, 0.25) is 0 Å². The molecule has 1 aromatic carbocycles. The van der Waals surface area contributed by atoms with Crippen molar-refractivity contribution in [2.75, 3.05) is 13.1 Å². The van der Waals surface area contributed by atoms with Gasteiger partial charge in [0.05, 0.1) is 16.8 Å². The van der Waals surface area contributed by atoms with Crippen molar-refractivity contribution in [2.45, 2.75) is 51.9 Å². The number of hydrogen-bond donors (Lipinski definition) is 2. The van der Waals surface area contributed by atoms with Crippen molar-refractivity contribution in [1.82, 2.24) is 4.90 Å². The zero-order valence-electron chi connectivity index (χ0n) is 13.0. The van der Waals surface area contributed by atoms with E-state index in [2.05, 4.69) is 32.6 Å². The maximum atomic E-state index is 10.0. The monoisotopic (exact) mass is 279 g/mol. The topological polar surface area (TPSA) is 52.9 Å². The van der Waals surface area contributed by atoms with Crippen LogP contribution >= 0.6 is 0 Å². The molecule has 2 N–H and O–H groups in total. The van der Waals surface area contributed by atoms with Crippen molar-refractivity contribution in [3.63, 3.8) is 0 Å². The third kappa shape index (κ3) is 3.07. The second-order valence-corrected chi connectivity index (χ2v) is 6.91. The minimum absolute atomic E-state index is 0.0707. The van der Waals surface area contributed by atoms with Gasteiger partial charge in [0.2, 0.25) is 0 Å². The van der Waals surface area contributed by atoms with Crippen LogP contribution in [-0.4, -0.2) is 39.4 Å². The second kappa shape index (κ2) is 4.93. The largest absolute Gasteiger partial charge is 0.507 e. The molecule has 2 rings (SSSR count). The lowest BCUT2D eigenvalue weighted by Crippen LogP contribution is -2.57. The quantitative estimate of drug-likeness (QED) is 0.873. The second-order valence-electron chi connectivity index (χ2n) is 6.91. The predicted molar refractivity (Wildman–Crippen MR) is 79.0 cm³/mol. The number of phenols is 2. The fourth-order valence-electron chi connectivity index (χ4n) is 3.27. The number of aromatic hydroxyl groups is 2. The Kier molecular flexibility index (Phi) is 3.73. The number of ether oxygens (including phenoxy) is 1. The molecule has 0 amide bonds. The van der Waals surface area contributed by atoms with E-state index in [4.69, 9.17) is 4.74 Å². The fraction of sp³-hybridized carbons (Fsp3) is 0.625. The molecule has 1 unspecified atom stereocenters. The summed E-state index contributed by atoms with van der Waals surface area (Å²) in [6.45, 7) is 11.8. The third-order valence-electron chi connectivity index (χ3n) is 3.75. The SMILES string of the molecule is CC(c1c(O)cccc1O)N1CC(C)(C)OC(C)(C)C1. The van der Waals surface area contributed by atoms with E-state index < -0.39 is 0 Å². The van der Waals surface area contributed by atoms with E-state index in [0.717, 1.165) is 13.1 Å². The molecule has 0 bridgehead atoms. The van der Waals surface area contributed by atoms with Gasteiger partial charge < -0.3 is 14.9 Å². The molecule has 0 radical (unpaired) electrons. The number of rotatable bonds is 2. The highest BCUT2D eigenvalue weighted by Crippen LogP contribution is 2.39. The first-order valence-corrected chi connectivity index (χ1v) is 7.06. The molecule has 112 valence electrons. The van der Waals surface area contributed by atoms with Crippen LogP contribution in [0.25, 0.3) is 0 Å². The first-order valence-electron chi connectivity index (χ1n) is 7.06. The summed E-state index contributed by atoms with van der Waals surface area (Å²) in [5.74, 6) is 0.277. The molecule has 1 atom stereocenters. The molecule has 1 saturated heterocycles. The van der Waals surface area contributed by atoms with E-state index in [-0.39, 0.29) is 28.7 Å². The lowest BCUT2D eigenvalue weighted by molar-refractivity contribution is -0.187. The standard InChI is InChI=1S/C16H25NO3/c1-11(14-12(18)7-6-8-13(14)19)17-9-15(2,3)20-16(4,5)10-17/h6-8,11,18-19H,9-10H2,1-5H3. The van der Waals surface area contributed by atoms with Crippen LogP contribution in [0.15, 0.2) is 18.2 Å². The van der Waals surface area contributed by atoms with Crippen molar-refractivity contribution in [2.24, 2.45) is 0 Å². The molecule has 4 heteroatoms. The van der Waals surface area contributed by atoms with Gasteiger partial charge in [0.1, 0.15) is 11.5 Å². The first-order chi connectivity index (χ1) is 9.11. The zero-order chi connectivity index (χ0) is 15.1. The van der Waals surface area contributed by atoms with Crippen LogP contribution in [0.1, 0.15) is 46.2 Å². The van der Waals surface area contributed by atoms with Gasteiger partial charge in [-0.1, -0.05) is 6.07 Å². The number of benzene rings is 1. The molecular formula is C16H25NO3. The molecule has 20 heavy (non-hydrogen) atoms. The van der Waals surface area contributed by atoms with Crippen molar-refractivity contribution >= 4 is 0 Å². The Morgan fingerprint density at radius 2 is 1.50 bits per heavy atom. The molecule has 0 spiro atoms. The number of phenolic OH excluding ortho intramolecular Hbond substituents is 2. The Bertz CT molecular complexity index is 460. The van der Waals surface area contributed by atoms with Crippen molar-refractivity contribution in [3.8, 4) is 11.5 Å². The van der Waals surface area contributed by atoms with Gasteiger partial charge in [0, 0.05) is 19.1 Å². The Hall–Kier alpha value is -1.26. The van der Waals surface area contributed by atoms with Gasteiger partial charge in [-0.05, 0) is 46.8 Å². The summed E-state index contributed by atoms with van der Waals surface area (Å²) in [5.41, 5.74) is 0.0764. The summed E-state index contributed by atoms with van der Waals surface area (Å²) in [6.07, 6.45) is 0. The summed E-state index contributed by atoms with van der Waals surface area (Å²) < 4.78 is 6.07. The van der Waals surface area contributed by atoms with Gasteiger partial charge in [0.25, 0.3) is 0 Å². The highest BCUT2D eigenvalue weighted by atomic mass is 16.5. The molecule has 1 aliphatic heterocycles. The van der Waals surface area contributed by atoms with E-state index in [1.54, 1.807) is 18.2 Å². The Morgan fingerprint density at radius 3 is 1.95 bits per heavy atom. The molecule has 1 aliphatic rings. The maximum Gasteiger partial charge on any atom is 0.124 e. The van der Waals surface area contributed by atoms with Crippen LogP contribution in [-0.2, 0) is 4.74 Å². The Labute approximate surface area is 121 Å². The molecule has 1 aromatic rings. The lowest BCUT2D eigenvalue weighted by Gasteiger charge is -2.49. The van der Waals surface area contributed by atoms with E-state index in [9.17, 15) is 10.2 Å². The smallest absolute Gasteiger partial charge is 0.124 e. The summed E-state index contributed by atoms with van der Waals surface area (Å²) >= 11 is 0. The minimum atomic E-state index is -0.254. The van der Waals surface area contributed by atoms with Crippen LogP contribution < -0.4 is 0 Å². The molecule has 0 saturated carbocycles. The van der Waals surface area contributed by atoms with Gasteiger partial charge in [-0.25, -0.2) is 0 Å². The number of hydrogen-bond acceptors (Lipinski definition) is 4. The van der Waals surface area contributed by atoms with E-state index in [1.807, 2.05) is 6.92 Å². The number of morpholine rings is 1. The summed E-state index contributed by atoms with van der Waals surface area (Å²) in [5, 5.41) is 20.1. The van der Waals surface area contributed by atoms with E-state index in [0.29, 0.717) is 5.56 Å². The maximum absolute atomic E-state index is 10.0. The summed E-state index contributed by atoms with van der Waals surface area (Å²) in [7, 11) is 0. The van der Waals surface area contributed by atoms with Crippen LogP contribution in [0, 0.1) is 0 Å². The average molecular weight is 279 g/mol. The molecule has 1 heterocycles. The van der Waals surface area contributed by atoms with Crippen LogP contribution in [0.4, 0.5) is 0 Å². The highest BCUT2D eigenvalue weighted by Gasteiger charge is 2.40. The van der Waals surface area contributed by atoms with Crippen LogP contribution in [0.5, 0.6) is 11.5 Å². The van der Waals surface area contributed by atoms with Crippen LogP contribution in [0.3, 0.4) is 0 Å². The average Bonchev–Trinajstić information content (AvgIpc) is 2.24. The zero-order valence-corrected chi connectivity index (χ0v) is 13.0. The molecular weight excluding hydrogens is 254 g/mol. The van der Waals surface area contributed by atoms with Gasteiger partial charge in [-0.3, -0.25) is 4.90 Å². The normalized spacial score (nSPS) is 23.4. The van der Waals surface area contributed by atoms with Gasteiger partial charge in [-0.2, -0.15) is 0 Å². The van der Waals surface area contributed by atoms with Gasteiger partial charge in [0.15, 0.2) is 0 Å². The molecule has 0 aliphatic carbocycles. The highest BCUT2D eigenvalue weighted by molar-refractivity contribution is 5.45. The van der Waals surface area contributed by atoms with Crippen molar-refractivity contribution in [1.29, 1.82) is 0 Å². The Balaban J connectivity index is 2.31. The third-order valence-corrected chi connectivity index (χ3v) is 3.75. The number of nitrogens with zero attached hydrogens (tertiary/aromatic N) is 1. The summed E-state index contributed by atoms with van der Waals surface area (Å²) in [6, 6.07) is 4.80. The van der Waals surface area contributed by atoms with Crippen molar-refractivity contribution < 1.29 is 14.9 Å². The molecule has 1 fully saturated rings. The van der Waals surface area contributed by atoms with Gasteiger partial charge in [-0.15, -0.1) is 0 Å². The molecule has 4 nitrogen and oxygen atoms in total. The fourth-order valence-corrected chi connectivity index (χ4v) is 3.27. The minimum Gasteiger partial charge on any atom is -0.507 e.